The van der Waals surface area contributed by atoms with Gasteiger partial charge in [-0.3, -0.25) is 4.79 Å². The van der Waals surface area contributed by atoms with Gasteiger partial charge in [0.15, 0.2) is 0 Å². The van der Waals surface area contributed by atoms with Crippen molar-refractivity contribution in [2.24, 2.45) is 5.92 Å². The fourth-order valence-electron chi connectivity index (χ4n) is 2.45. The first kappa shape index (κ1) is 18.6. The lowest BCUT2D eigenvalue weighted by molar-refractivity contribution is -0.126. The zero-order valence-corrected chi connectivity index (χ0v) is 13.2. The molecule has 2 N–H and O–H groups in total. The Bertz CT molecular complexity index is 482. The van der Waals surface area contributed by atoms with Crippen molar-refractivity contribution in [3.8, 4) is 5.75 Å². The minimum Gasteiger partial charge on any atom is -0.435 e. The Labute approximate surface area is 135 Å². The van der Waals surface area contributed by atoms with Gasteiger partial charge in [-0.05, 0) is 44.0 Å². The van der Waals surface area contributed by atoms with E-state index in [1.807, 2.05) is 6.92 Å². The van der Waals surface area contributed by atoms with Crippen LogP contribution in [0.2, 0.25) is 0 Å². The van der Waals surface area contributed by atoms with Crippen molar-refractivity contribution in [1.82, 2.24) is 10.6 Å². The van der Waals surface area contributed by atoms with Gasteiger partial charge < -0.3 is 15.4 Å². The number of halogens is 3. The maximum atomic E-state index is 12.2. The van der Waals surface area contributed by atoms with Crippen LogP contribution < -0.4 is 15.4 Å². The van der Waals surface area contributed by atoms with Crippen LogP contribution in [0.5, 0.6) is 5.75 Å². The maximum absolute atomic E-state index is 12.2. The summed E-state index contributed by atoms with van der Waals surface area (Å²) in [6.45, 7) is 0.619. The Morgan fingerprint density at radius 1 is 1.45 bits per heavy atom. The standard InChI is InChI=1S/C15H20F2N2O2.ClH/c1-10(19-14(20)12-5-3-7-18-9-12)11-4-2-6-13(8-11)21-15(16)17;/h2,4,6,8,10,12,15,18H,3,5,7,9H2,1H3,(H,19,20);1H/t10?,12-;/m1./s1. The SMILES string of the molecule is CC(NC(=O)[C@@H]1CCCNC1)c1cccc(OC(F)F)c1.Cl. The van der Waals surface area contributed by atoms with Crippen LogP contribution in [-0.4, -0.2) is 25.6 Å². The van der Waals surface area contributed by atoms with E-state index in [0.717, 1.165) is 24.9 Å². The highest BCUT2D eigenvalue weighted by Crippen LogP contribution is 2.21. The maximum Gasteiger partial charge on any atom is 0.387 e. The molecule has 2 atom stereocenters. The first-order valence-electron chi connectivity index (χ1n) is 7.12. The number of nitrogens with one attached hydrogen (secondary N) is 2. The van der Waals surface area contributed by atoms with E-state index < -0.39 is 6.61 Å². The molecule has 1 saturated heterocycles. The highest BCUT2D eigenvalue weighted by atomic mass is 35.5. The molecule has 7 heteroatoms. The number of alkyl halides is 2. The second-order valence-corrected chi connectivity index (χ2v) is 5.22. The van der Waals surface area contributed by atoms with E-state index in [2.05, 4.69) is 15.4 Å². The van der Waals surface area contributed by atoms with Gasteiger partial charge in [0.25, 0.3) is 0 Å². The molecule has 4 nitrogen and oxygen atoms in total. The molecule has 1 unspecified atom stereocenters. The first-order chi connectivity index (χ1) is 10.1. The van der Waals surface area contributed by atoms with Crippen molar-refractivity contribution in [3.63, 3.8) is 0 Å². The van der Waals surface area contributed by atoms with E-state index in [9.17, 15) is 13.6 Å². The Kier molecular flexibility index (Phi) is 7.55. The predicted molar refractivity (Wildman–Crippen MR) is 82.5 cm³/mol. The largest absolute Gasteiger partial charge is 0.435 e. The van der Waals surface area contributed by atoms with Crippen molar-refractivity contribution in [2.75, 3.05) is 13.1 Å². The Hall–Kier alpha value is -1.40. The van der Waals surface area contributed by atoms with Crippen molar-refractivity contribution in [1.29, 1.82) is 0 Å². The summed E-state index contributed by atoms with van der Waals surface area (Å²) < 4.78 is 28.8. The fraction of sp³-hybridized carbons (Fsp3) is 0.533. The summed E-state index contributed by atoms with van der Waals surface area (Å²) in [7, 11) is 0. The monoisotopic (exact) mass is 334 g/mol. The van der Waals surface area contributed by atoms with Crippen LogP contribution in [0.3, 0.4) is 0 Å². The lowest BCUT2D eigenvalue weighted by Gasteiger charge is -2.24. The topological polar surface area (TPSA) is 50.4 Å². The zero-order chi connectivity index (χ0) is 15.2. The molecule has 1 aliphatic heterocycles. The third kappa shape index (κ3) is 5.42. The van der Waals surface area contributed by atoms with Crippen LogP contribution >= 0.6 is 12.4 Å². The summed E-state index contributed by atoms with van der Waals surface area (Å²) in [6, 6.07) is 6.16. The second-order valence-electron chi connectivity index (χ2n) is 5.22. The van der Waals surface area contributed by atoms with Crippen molar-refractivity contribution in [3.05, 3.63) is 29.8 Å². The van der Waals surface area contributed by atoms with E-state index >= 15 is 0 Å². The van der Waals surface area contributed by atoms with E-state index in [-0.39, 0.29) is 36.0 Å². The van der Waals surface area contributed by atoms with Crippen LogP contribution in [0.4, 0.5) is 8.78 Å². The lowest BCUT2D eigenvalue weighted by atomic mass is 9.98. The zero-order valence-electron chi connectivity index (χ0n) is 12.4. The molecule has 22 heavy (non-hydrogen) atoms. The van der Waals surface area contributed by atoms with Gasteiger partial charge in [-0.25, -0.2) is 0 Å². The number of carbonyl (C=O) groups excluding carboxylic acids is 1. The van der Waals surface area contributed by atoms with Gasteiger partial charge in [0.2, 0.25) is 5.91 Å². The number of benzene rings is 1. The van der Waals surface area contributed by atoms with Gasteiger partial charge >= 0.3 is 6.61 Å². The van der Waals surface area contributed by atoms with Crippen LogP contribution in [-0.2, 0) is 4.79 Å². The number of amides is 1. The summed E-state index contributed by atoms with van der Waals surface area (Å²) in [6.07, 6.45) is 1.87. The number of ether oxygens (including phenoxy) is 1. The molecule has 1 aliphatic rings. The average Bonchev–Trinajstić information content (AvgIpc) is 2.47. The third-order valence-electron chi connectivity index (χ3n) is 3.61. The molecule has 1 fully saturated rings. The molecule has 2 rings (SSSR count). The molecule has 1 aromatic carbocycles. The Morgan fingerprint density at radius 3 is 2.86 bits per heavy atom. The molecular formula is C15H21ClF2N2O2. The van der Waals surface area contributed by atoms with Gasteiger partial charge in [-0.15, -0.1) is 12.4 Å². The minimum absolute atomic E-state index is 0. The molecule has 1 aromatic rings. The van der Waals surface area contributed by atoms with Gasteiger partial charge in [0.05, 0.1) is 12.0 Å². The summed E-state index contributed by atoms with van der Waals surface area (Å²) in [5.41, 5.74) is 0.741. The van der Waals surface area contributed by atoms with Crippen LogP contribution in [0.25, 0.3) is 0 Å². The van der Waals surface area contributed by atoms with E-state index in [1.165, 1.54) is 12.1 Å². The lowest BCUT2D eigenvalue weighted by Crippen LogP contribution is -2.41. The van der Waals surface area contributed by atoms with Crippen molar-refractivity contribution in [2.45, 2.75) is 32.4 Å². The van der Waals surface area contributed by atoms with Crippen LogP contribution in [0.15, 0.2) is 24.3 Å². The van der Waals surface area contributed by atoms with Crippen LogP contribution in [0, 0.1) is 5.92 Å². The highest BCUT2D eigenvalue weighted by molar-refractivity contribution is 5.85. The molecule has 1 amide bonds. The Balaban J connectivity index is 0.00000242. The van der Waals surface area contributed by atoms with E-state index in [0.29, 0.717) is 6.54 Å². The molecule has 0 aromatic heterocycles. The smallest absolute Gasteiger partial charge is 0.387 e. The highest BCUT2D eigenvalue weighted by Gasteiger charge is 2.22. The predicted octanol–water partition coefficient (Wildman–Crippen LogP) is 2.89. The number of hydrogen-bond donors (Lipinski definition) is 2. The normalized spacial score (nSPS) is 19.2. The Morgan fingerprint density at radius 2 is 2.23 bits per heavy atom. The molecule has 124 valence electrons. The average molecular weight is 335 g/mol. The summed E-state index contributed by atoms with van der Waals surface area (Å²) in [5.74, 6) is 0.0690. The molecule has 1 heterocycles. The quantitative estimate of drug-likeness (QED) is 0.870. The van der Waals surface area contributed by atoms with E-state index in [4.69, 9.17) is 0 Å². The van der Waals surface area contributed by atoms with Gasteiger partial charge in [0, 0.05) is 6.54 Å². The number of piperidine rings is 1. The van der Waals surface area contributed by atoms with Gasteiger partial charge in [-0.1, -0.05) is 12.1 Å². The van der Waals surface area contributed by atoms with E-state index in [1.54, 1.807) is 12.1 Å². The molecule has 0 saturated carbocycles. The van der Waals surface area contributed by atoms with Gasteiger partial charge in [0.1, 0.15) is 5.75 Å². The minimum atomic E-state index is -2.85. The van der Waals surface area contributed by atoms with Crippen molar-refractivity contribution < 1.29 is 18.3 Å². The molecule has 0 bridgehead atoms. The molecule has 0 aliphatic carbocycles. The molecular weight excluding hydrogens is 314 g/mol. The molecule has 0 spiro atoms. The summed E-state index contributed by atoms with van der Waals surface area (Å²) in [5, 5.41) is 6.12. The summed E-state index contributed by atoms with van der Waals surface area (Å²) >= 11 is 0. The third-order valence-corrected chi connectivity index (χ3v) is 3.61. The summed E-state index contributed by atoms with van der Waals surface area (Å²) in [4.78, 5) is 12.1. The number of hydrogen-bond acceptors (Lipinski definition) is 3. The number of carbonyl (C=O) groups is 1. The van der Waals surface area contributed by atoms with Gasteiger partial charge in [-0.2, -0.15) is 8.78 Å². The second kappa shape index (κ2) is 8.90. The fourth-order valence-corrected chi connectivity index (χ4v) is 2.45. The molecule has 0 radical (unpaired) electrons. The van der Waals surface area contributed by atoms with Crippen LogP contribution in [0.1, 0.15) is 31.4 Å². The van der Waals surface area contributed by atoms with Crippen molar-refractivity contribution >= 4 is 18.3 Å². The number of rotatable bonds is 5. The first-order valence-corrected chi connectivity index (χ1v) is 7.12.